The highest BCUT2D eigenvalue weighted by atomic mass is 35.5. The average Bonchev–Trinajstić information content (AvgIpc) is 3.53. The topological polar surface area (TPSA) is 101 Å². The number of hydrogen-bond acceptors (Lipinski definition) is 7. The van der Waals surface area contributed by atoms with Crippen molar-refractivity contribution in [3.63, 3.8) is 0 Å². The third kappa shape index (κ3) is 5.53. The standard InChI is InChI=1S/C33H34ClN5O4S/c1-18-15-23-29(27(19-7-10-21(34)11-8-19)26(18)28(32(41)42)43-33(2,3)4)44-31(35-23)20-9-12-24-22(16-20)30(36-38(24)6)39-14-13-37(5)25(40)17-39/h7-12,15-16,28H,13-14,17H2,1-6H3,(H,41,42)/t28-/m0/s1. The number of ether oxygens (including phenoxy) is 1. The first-order chi connectivity index (χ1) is 20.8. The summed E-state index contributed by atoms with van der Waals surface area (Å²) in [6.45, 7) is 9.08. The van der Waals surface area contributed by atoms with Gasteiger partial charge in [0.2, 0.25) is 5.91 Å². The molecule has 5 aromatic rings. The molecule has 2 aromatic heterocycles. The van der Waals surface area contributed by atoms with Crippen molar-refractivity contribution in [2.75, 3.05) is 31.6 Å². The molecular weight excluding hydrogens is 598 g/mol. The SMILES string of the molecule is Cc1cc2nc(-c3ccc4c(c3)c(N3CCN(C)C(=O)C3)nn4C)sc2c(-c2ccc(Cl)cc2)c1[C@H](OC(C)(C)C)C(=O)O. The number of fused-ring (bicyclic) bond motifs is 2. The van der Waals surface area contributed by atoms with E-state index in [0.717, 1.165) is 54.2 Å². The maximum absolute atomic E-state index is 12.7. The van der Waals surface area contributed by atoms with E-state index in [0.29, 0.717) is 23.7 Å². The summed E-state index contributed by atoms with van der Waals surface area (Å²) in [5.74, 6) is -0.219. The number of piperazine rings is 1. The zero-order chi connectivity index (χ0) is 31.5. The summed E-state index contributed by atoms with van der Waals surface area (Å²) in [7, 11) is 3.73. The van der Waals surface area contributed by atoms with Crippen molar-refractivity contribution in [2.24, 2.45) is 7.05 Å². The minimum atomic E-state index is -1.18. The molecule has 0 aliphatic carbocycles. The van der Waals surface area contributed by atoms with Crippen LogP contribution in [-0.4, -0.2) is 68.9 Å². The maximum atomic E-state index is 12.7. The van der Waals surface area contributed by atoms with Gasteiger partial charge < -0.3 is 19.6 Å². The third-order valence-corrected chi connectivity index (χ3v) is 9.24. The van der Waals surface area contributed by atoms with Crippen LogP contribution in [0.5, 0.6) is 0 Å². The second-order valence-electron chi connectivity index (χ2n) is 12.2. The fourth-order valence-corrected chi connectivity index (χ4v) is 6.96. The molecule has 1 saturated heterocycles. The molecule has 1 aliphatic heterocycles. The Morgan fingerprint density at radius 1 is 1.07 bits per heavy atom. The lowest BCUT2D eigenvalue weighted by Crippen LogP contribution is -2.48. The number of likely N-dealkylation sites (N-methyl/N-ethyl adjacent to an activating group) is 1. The predicted octanol–water partition coefficient (Wildman–Crippen LogP) is 6.70. The Morgan fingerprint density at radius 3 is 2.43 bits per heavy atom. The molecule has 0 saturated carbocycles. The van der Waals surface area contributed by atoms with Gasteiger partial charge >= 0.3 is 5.97 Å². The molecule has 6 rings (SSSR count). The highest BCUT2D eigenvalue weighted by molar-refractivity contribution is 7.22. The van der Waals surface area contributed by atoms with Crippen LogP contribution in [0.4, 0.5) is 5.82 Å². The number of anilines is 1. The molecule has 3 aromatic carbocycles. The first kappa shape index (κ1) is 30.1. The number of aliphatic carboxylic acids is 1. The quantitative estimate of drug-likeness (QED) is 0.223. The van der Waals surface area contributed by atoms with Gasteiger partial charge in [-0.15, -0.1) is 11.3 Å². The van der Waals surface area contributed by atoms with E-state index in [9.17, 15) is 14.7 Å². The van der Waals surface area contributed by atoms with Crippen molar-refractivity contribution < 1.29 is 19.4 Å². The van der Waals surface area contributed by atoms with E-state index >= 15 is 0 Å². The van der Waals surface area contributed by atoms with Crippen molar-refractivity contribution in [1.29, 1.82) is 0 Å². The van der Waals surface area contributed by atoms with Crippen molar-refractivity contribution in [2.45, 2.75) is 39.4 Å². The minimum absolute atomic E-state index is 0.0633. The smallest absolute Gasteiger partial charge is 0.337 e. The Morgan fingerprint density at radius 2 is 1.77 bits per heavy atom. The van der Waals surface area contributed by atoms with Gasteiger partial charge in [0, 0.05) is 54.3 Å². The van der Waals surface area contributed by atoms with Crippen LogP contribution in [0, 0.1) is 6.92 Å². The second kappa shape index (κ2) is 11.2. The summed E-state index contributed by atoms with van der Waals surface area (Å²) in [6.07, 6.45) is -1.18. The molecule has 11 heteroatoms. The van der Waals surface area contributed by atoms with Crippen LogP contribution in [0.1, 0.15) is 38.0 Å². The first-order valence-corrected chi connectivity index (χ1v) is 15.6. The fraction of sp³-hybridized carbons (Fsp3) is 0.333. The number of aryl methyl sites for hydroxylation is 2. The molecule has 0 radical (unpaired) electrons. The van der Waals surface area contributed by atoms with E-state index in [1.165, 1.54) is 11.3 Å². The maximum Gasteiger partial charge on any atom is 0.337 e. The Hall–Kier alpha value is -3.99. The summed E-state index contributed by atoms with van der Waals surface area (Å²) >= 11 is 7.76. The van der Waals surface area contributed by atoms with Crippen molar-refractivity contribution in [3.05, 3.63) is 64.7 Å². The van der Waals surface area contributed by atoms with Crippen molar-refractivity contribution >= 4 is 61.8 Å². The van der Waals surface area contributed by atoms with Crippen molar-refractivity contribution in [3.8, 4) is 21.7 Å². The van der Waals surface area contributed by atoms with E-state index in [-0.39, 0.29) is 12.5 Å². The van der Waals surface area contributed by atoms with Gasteiger partial charge in [0.05, 0.1) is 27.9 Å². The van der Waals surface area contributed by atoms with E-state index in [1.807, 2.05) is 81.7 Å². The summed E-state index contributed by atoms with van der Waals surface area (Å²) < 4.78 is 8.85. The number of halogens is 1. The van der Waals surface area contributed by atoms with Gasteiger partial charge in [-0.2, -0.15) is 5.10 Å². The highest BCUT2D eigenvalue weighted by Gasteiger charge is 2.32. The molecule has 0 unspecified atom stereocenters. The number of thiazole rings is 1. The number of carboxylic acid groups (broad SMARTS) is 1. The molecule has 44 heavy (non-hydrogen) atoms. The molecular formula is C33H34ClN5O4S. The van der Waals surface area contributed by atoms with Gasteiger partial charge in [-0.3, -0.25) is 9.48 Å². The molecule has 0 bridgehead atoms. The van der Waals surface area contributed by atoms with Gasteiger partial charge in [0.15, 0.2) is 11.9 Å². The average molecular weight is 632 g/mol. The van der Waals surface area contributed by atoms with Gasteiger partial charge in [-0.05, 0) is 75.2 Å². The van der Waals surface area contributed by atoms with Crippen LogP contribution in [0.2, 0.25) is 5.02 Å². The van der Waals surface area contributed by atoms with Crippen LogP contribution in [0.3, 0.4) is 0 Å². The van der Waals surface area contributed by atoms with E-state index in [4.69, 9.17) is 26.4 Å². The van der Waals surface area contributed by atoms with Gasteiger partial charge in [-0.25, -0.2) is 9.78 Å². The number of rotatable bonds is 6. The lowest BCUT2D eigenvalue weighted by Gasteiger charge is -2.32. The second-order valence-corrected chi connectivity index (χ2v) is 13.7. The number of hydrogen-bond donors (Lipinski definition) is 1. The largest absolute Gasteiger partial charge is 0.479 e. The monoisotopic (exact) mass is 631 g/mol. The van der Waals surface area contributed by atoms with E-state index in [2.05, 4.69) is 6.07 Å². The number of aromatic nitrogens is 3. The Labute approximate surface area is 264 Å². The molecule has 1 aliphatic rings. The number of carboxylic acids is 1. The number of carbonyl (C=O) groups excluding carboxylic acids is 1. The number of amides is 1. The number of nitrogens with zero attached hydrogens (tertiary/aromatic N) is 5. The van der Waals surface area contributed by atoms with E-state index in [1.54, 1.807) is 17.0 Å². The summed E-state index contributed by atoms with van der Waals surface area (Å²) in [4.78, 5) is 34.0. The molecule has 1 N–H and O–H groups in total. The summed E-state index contributed by atoms with van der Waals surface area (Å²) in [5, 5.41) is 17.5. The summed E-state index contributed by atoms with van der Waals surface area (Å²) in [5.41, 5.74) is 4.94. The van der Waals surface area contributed by atoms with E-state index < -0.39 is 17.7 Å². The summed E-state index contributed by atoms with van der Waals surface area (Å²) in [6, 6.07) is 15.5. The molecule has 1 fully saturated rings. The zero-order valence-corrected chi connectivity index (χ0v) is 27.1. The van der Waals surface area contributed by atoms with Crippen LogP contribution < -0.4 is 4.90 Å². The van der Waals surface area contributed by atoms with Crippen LogP contribution in [0.15, 0.2) is 48.5 Å². The first-order valence-electron chi connectivity index (χ1n) is 14.4. The fourth-order valence-electron chi connectivity index (χ4n) is 5.72. The number of benzene rings is 3. The lowest BCUT2D eigenvalue weighted by molar-refractivity contribution is -0.160. The Bertz CT molecular complexity index is 1930. The third-order valence-electron chi connectivity index (χ3n) is 7.85. The van der Waals surface area contributed by atoms with Crippen LogP contribution in [-0.2, 0) is 21.4 Å². The number of carbonyl (C=O) groups is 2. The normalized spacial score (nSPS) is 15.0. The molecule has 1 amide bonds. The Balaban J connectivity index is 1.53. The van der Waals surface area contributed by atoms with Crippen molar-refractivity contribution in [1.82, 2.24) is 19.7 Å². The van der Waals surface area contributed by atoms with Crippen LogP contribution >= 0.6 is 22.9 Å². The zero-order valence-electron chi connectivity index (χ0n) is 25.5. The Kier molecular flexibility index (Phi) is 7.63. The molecule has 3 heterocycles. The molecule has 0 spiro atoms. The predicted molar refractivity (Wildman–Crippen MR) is 176 cm³/mol. The molecule has 9 nitrogen and oxygen atoms in total. The molecule has 1 atom stereocenters. The lowest BCUT2D eigenvalue weighted by atomic mass is 9.91. The minimum Gasteiger partial charge on any atom is -0.479 e. The van der Waals surface area contributed by atoms with Gasteiger partial charge in [0.1, 0.15) is 5.01 Å². The highest BCUT2D eigenvalue weighted by Crippen LogP contribution is 2.45. The molecule has 228 valence electrons. The van der Waals surface area contributed by atoms with Crippen LogP contribution in [0.25, 0.3) is 42.8 Å². The van der Waals surface area contributed by atoms with Gasteiger partial charge in [0.25, 0.3) is 0 Å². The van der Waals surface area contributed by atoms with Gasteiger partial charge in [-0.1, -0.05) is 23.7 Å².